The molecule has 0 spiro atoms. The minimum Gasteiger partial charge on any atom is -0.463 e. The Morgan fingerprint density at radius 3 is 2.50 bits per heavy atom. The highest BCUT2D eigenvalue weighted by Crippen LogP contribution is 2.10. The summed E-state index contributed by atoms with van der Waals surface area (Å²) in [5, 5.41) is 0.583. The van der Waals surface area contributed by atoms with Crippen LogP contribution < -0.4 is 10.9 Å². The molecule has 0 unspecified atom stereocenters. The molecule has 0 bridgehead atoms. The highest BCUT2D eigenvalue weighted by atomic mass is 35.5. The number of hydrogen-bond donors (Lipinski definition) is 2. The highest BCUT2D eigenvalue weighted by molar-refractivity contribution is 6.30. The number of benzene rings is 1. The molecule has 5 heteroatoms. The van der Waals surface area contributed by atoms with Crippen molar-refractivity contribution in [2.24, 2.45) is 0 Å². The van der Waals surface area contributed by atoms with Crippen LogP contribution in [0.15, 0.2) is 53.7 Å². The largest absolute Gasteiger partial charge is 0.463 e. The van der Waals surface area contributed by atoms with Crippen molar-refractivity contribution in [1.82, 2.24) is 10.9 Å². The average molecular weight is 263 g/mol. The van der Waals surface area contributed by atoms with E-state index >= 15 is 0 Å². The normalized spacial score (nSPS) is 9.83. The Morgan fingerprint density at radius 1 is 1.17 bits per heavy atom. The number of carbonyl (C=O) groups is 1. The second kappa shape index (κ2) is 5.42. The maximum Gasteiger partial charge on any atom is 0.269 e. The van der Waals surface area contributed by atoms with Crippen LogP contribution in [0.2, 0.25) is 5.02 Å². The third kappa shape index (κ3) is 2.93. The van der Waals surface area contributed by atoms with Gasteiger partial charge in [-0.2, -0.15) is 0 Å². The topological polar surface area (TPSA) is 54.3 Å². The standard InChI is InChI=1S/C13H11ClN2O2/c1-9(12-3-2-8-18-12)15-16-13(17)10-4-6-11(14)7-5-10/h2-8,15H,1H2,(H,16,17). The molecular weight excluding hydrogens is 252 g/mol. The molecule has 92 valence electrons. The van der Waals surface area contributed by atoms with E-state index in [1.807, 2.05) is 0 Å². The molecule has 0 saturated carbocycles. The van der Waals surface area contributed by atoms with Gasteiger partial charge in [0, 0.05) is 10.6 Å². The van der Waals surface area contributed by atoms with E-state index in [0.29, 0.717) is 22.0 Å². The van der Waals surface area contributed by atoms with E-state index < -0.39 is 0 Å². The predicted molar refractivity (Wildman–Crippen MR) is 69.8 cm³/mol. The monoisotopic (exact) mass is 262 g/mol. The Hall–Kier alpha value is -2.20. The maximum atomic E-state index is 11.7. The van der Waals surface area contributed by atoms with Crippen molar-refractivity contribution >= 4 is 23.2 Å². The molecule has 0 radical (unpaired) electrons. The van der Waals surface area contributed by atoms with Crippen LogP contribution >= 0.6 is 11.6 Å². The van der Waals surface area contributed by atoms with Gasteiger partial charge in [-0.25, -0.2) is 0 Å². The molecule has 1 aromatic heterocycles. The molecule has 1 heterocycles. The van der Waals surface area contributed by atoms with Gasteiger partial charge in [0.25, 0.3) is 5.91 Å². The van der Waals surface area contributed by atoms with E-state index in [1.165, 1.54) is 6.26 Å². The zero-order chi connectivity index (χ0) is 13.0. The number of hydrogen-bond acceptors (Lipinski definition) is 3. The van der Waals surface area contributed by atoms with Gasteiger partial charge in [0.1, 0.15) is 0 Å². The molecule has 2 aromatic rings. The van der Waals surface area contributed by atoms with Crippen LogP contribution in [0, 0.1) is 0 Å². The van der Waals surface area contributed by atoms with Gasteiger partial charge < -0.3 is 4.42 Å². The first-order valence-electron chi connectivity index (χ1n) is 5.21. The molecule has 0 saturated heterocycles. The van der Waals surface area contributed by atoms with Crippen LogP contribution in [0.3, 0.4) is 0 Å². The lowest BCUT2D eigenvalue weighted by Crippen LogP contribution is -2.35. The highest BCUT2D eigenvalue weighted by Gasteiger charge is 2.06. The van der Waals surface area contributed by atoms with Crippen LogP contribution in [-0.4, -0.2) is 5.91 Å². The van der Waals surface area contributed by atoms with Gasteiger partial charge in [0.15, 0.2) is 5.76 Å². The second-order valence-corrected chi connectivity index (χ2v) is 3.98. The van der Waals surface area contributed by atoms with E-state index in [0.717, 1.165) is 0 Å². The maximum absolute atomic E-state index is 11.7. The first-order chi connectivity index (χ1) is 8.66. The number of amides is 1. The summed E-state index contributed by atoms with van der Waals surface area (Å²) in [7, 11) is 0. The Morgan fingerprint density at radius 2 is 1.89 bits per heavy atom. The Kier molecular flexibility index (Phi) is 3.69. The predicted octanol–water partition coefficient (Wildman–Crippen LogP) is 2.84. The van der Waals surface area contributed by atoms with Gasteiger partial charge in [-0.15, -0.1) is 0 Å². The molecule has 18 heavy (non-hydrogen) atoms. The quantitative estimate of drug-likeness (QED) is 0.833. The van der Waals surface area contributed by atoms with Crippen molar-refractivity contribution in [2.45, 2.75) is 0 Å². The van der Waals surface area contributed by atoms with Crippen LogP contribution in [0.1, 0.15) is 16.1 Å². The molecule has 0 aliphatic rings. The van der Waals surface area contributed by atoms with Gasteiger partial charge in [-0.3, -0.25) is 15.6 Å². The van der Waals surface area contributed by atoms with Crippen molar-refractivity contribution in [3.05, 3.63) is 65.6 Å². The molecule has 2 rings (SSSR count). The Balaban J connectivity index is 1.92. The van der Waals surface area contributed by atoms with Crippen molar-refractivity contribution < 1.29 is 9.21 Å². The van der Waals surface area contributed by atoms with Crippen LogP contribution in [-0.2, 0) is 0 Å². The third-order valence-corrected chi connectivity index (χ3v) is 2.50. The fourth-order valence-electron chi connectivity index (χ4n) is 1.32. The van der Waals surface area contributed by atoms with Crippen molar-refractivity contribution in [3.8, 4) is 0 Å². The summed E-state index contributed by atoms with van der Waals surface area (Å²) in [5.41, 5.74) is 6.17. The van der Waals surface area contributed by atoms with Crippen LogP contribution in [0.5, 0.6) is 0 Å². The zero-order valence-corrected chi connectivity index (χ0v) is 10.2. The molecule has 1 amide bonds. The lowest BCUT2D eigenvalue weighted by atomic mass is 10.2. The summed E-state index contributed by atoms with van der Waals surface area (Å²) in [5.74, 6) is 0.283. The number of nitrogens with one attached hydrogen (secondary N) is 2. The number of halogens is 1. The fraction of sp³-hybridized carbons (Fsp3) is 0. The minimum absolute atomic E-state index is 0.278. The lowest BCUT2D eigenvalue weighted by molar-refractivity contribution is 0.0942. The molecule has 0 fully saturated rings. The summed E-state index contributed by atoms with van der Waals surface area (Å²) < 4.78 is 5.12. The lowest BCUT2D eigenvalue weighted by Gasteiger charge is -2.09. The van der Waals surface area contributed by atoms with Crippen molar-refractivity contribution in [3.63, 3.8) is 0 Å². The molecular formula is C13H11ClN2O2. The summed E-state index contributed by atoms with van der Waals surface area (Å²) in [6.07, 6.45) is 1.53. The van der Waals surface area contributed by atoms with Crippen LogP contribution in [0.4, 0.5) is 0 Å². The molecule has 0 aliphatic heterocycles. The van der Waals surface area contributed by atoms with Crippen molar-refractivity contribution in [1.29, 1.82) is 0 Å². The van der Waals surface area contributed by atoms with E-state index in [4.69, 9.17) is 16.0 Å². The summed E-state index contributed by atoms with van der Waals surface area (Å²) >= 11 is 5.74. The van der Waals surface area contributed by atoms with Crippen LogP contribution in [0.25, 0.3) is 5.70 Å². The number of carbonyl (C=O) groups excluding carboxylic acids is 1. The fourth-order valence-corrected chi connectivity index (χ4v) is 1.44. The molecule has 2 N–H and O–H groups in total. The molecule has 0 aliphatic carbocycles. The SMILES string of the molecule is C=C(NNC(=O)c1ccc(Cl)cc1)c1ccco1. The number of rotatable bonds is 4. The van der Waals surface area contributed by atoms with E-state index in [1.54, 1.807) is 36.4 Å². The third-order valence-electron chi connectivity index (χ3n) is 2.25. The molecule has 1 aromatic carbocycles. The van der Waals surface area contributed by atoms with Gasteiger partial charge in [0.05, 0.1) is 12.0 Å². The Labute approximate surface area is 109 Å². The van der Waals surface area contributed by atoms with E-state index in [2.05, 4.69) is 17.4 Å². The van der Waals surface area contributed by atoms with Gasteiger partial charge in [-0.1, -0.05) is 18.2 Å². The van der Waals surface area contributed by atoms with Gasteiger partial charge in [0.2, 0.25) is 0 Å². The van der Waals surface area contributed by atoms with E-state index in [-0.39, 0.29) is 5.91 Å². The summed E-state index contributed by atoms with van der Waals surface area (Å²) in [4.78, 5) is 11.7. The van der Waals surface area contributed by atoms with Gasteiger partial charge >= 0.3 is 0 Å². The first-order valence-corrected chi connectivity index (χ1v) is 5.59. The zero-order valence-electron chi connectivity index (χ0n) is 9.44. The Bertz CT molecular complexity index is 547. The first kappa shape index (κ1) is 12.3. The smallest absolute Gasteiger partial charge is 0.269 e. The van der Waals surface area contributed by atoms with E-state index in [9.17, 15) is 4.79 Å². The molecule has 4 nitrogen and oxygen atoms in total. The molecule has 0 atom stereocenters. The van der Waals surface area contributed by atoms with Gasteiger partial charge in [-0.05, 0) is 36.4 Å². The van der Waals surface area contributed by atoms with Crippen molar-refractivity contribution in [2.75, 3.05) is 0 Å². The minimum atomic E-state index is -0.278. The number of furan rings is 1. The second-order valence-electron chi connectivity index (χ2n) is 3.54. The number of hydrazine groups is 1. The summed E-state index contributed by atoms with van der Waals surface area (Å²) in [6.45, 7) is 3.74. The summed E-state index contributed by atoms with van der Waals surface area (Å²) in [6, 6.07) is 10.0. The average Bonchev–Trinajstić information content (AvgIpc) is 2.90.